The van der Waals surface area contributed by atoms with E-state index in [4.69, 9.17) is 15.2 Å². The quantitative estimate of drug-likeness (QED) is 0.283. The number of unbranched alkanes of at least 4 members (excludes halogenated alkanes) is 8. The molecule has 0 saturated heterocycles. The largest absolute Gasteiger partial charge is 0.481 e. The van der Waals surface area contributed by atoms with Crippen LogP contribution in [0.2, 0.25) is 0 Å². The van der Waals surface area contributed by atoms with E-state index in [2.05, 4.69) is 6.92 Å². The number of hydrogen-bond acceptors (Lipinski definition) is 4. The van der Waals surface area contributed by atoms with Gasteiger partial charge in [0.25, 0.3) is 0 Å². The molecule has 0 aromatic heterocycles. The zero-order valence-corrected chi connectivity index (χ0v) is 14.4. The van der Waals surface area contributed by atoms with Crippen LogP contribution in [0.5, 0.6) is 0 Å². The van der Waals surface area contributed by atoms with Gasteiger partial charge in [-0.1, -0.05) is 58.3 Å². The van der Waals surface area contributed by atoms with Gasteiger partial charge in [-0.2, -0.15) is 0 Å². The zero-order valence-electron chi connectivity index (χ0n) is 11.4. The maximum atomic E-state index is 10.2. The van der Waals surface area contributed by atoms with Crippen LogP contribution in [-0.2, 0) is 24.3 Å². The first-order valence-corrected chi connectivity index (χ1v) is 6.35. The van der Waals surface area contributed by atoms with Gasteiger partial charge < -0.3 is 15.2 Å². The summed E-state index contributed by atoms with van der Waals surface area (Å²) in [6, 6.07) is 0. The fourth-order valence-corrected chi connectivity index (χ4v) is 1.59. The minimum atomic E-state index is -0.659. The minimum Gasteiger partial charge on any atom is -0.481 e. The Bertz CT molecular complexity index is 179. The van der Waals surface area contributed by atoms with E-state index >= 15 is 0 Å². The Balaban J connectivity index is -0.000000507. The number of carboxylic acids is 1. The molecule has 1 N–H and O–H groups in total. The van der Waals surface area contributed by atoms with E-state index in [0.29, 0.717) is 6.42 Å². The number of hydrogen-bond donors (Lipinski definition) is 1. The third-order valence-corrected chi connectivity index (χ3v) is 2.49. The summed E-state index contributed by atoms with van der Waals surface area (Å²) >= 11 is 0. The minimum absolute atomic E-state index is 0. The number of nitrogens with zero attached hydrogens (tertiary/aromatic N) is 1. The molecule has 0 unspecified atom stereocenters. The van der Waals surface area contributed by atoms with Crippen LogP contribution in [0.1, 0.15) is 71.1 Å². The van der Waals surface area contributed by atoms with E-state index in [1.165, 1.54) is 44.9 Å². The molecule has 0 heterocycles. The number of aliphatic carboxylic acids is 1. The van der Waals surface area contributed by atoms with Crippen molar-refractivity contribution < 1.29 is 29.4 Å². The predicted octanol–water partition coefficient (Wildman–Crippen LogP) is 4.24. The third-order valence-electron chi connectivity index (χ3n) is 2.49. The summed E-state index contributed by atoms with van der Waals surface area (Å²) in [7, 11) is 0. The van der Waals surface area contributed by atoms with Crippen molar-refractivity contribution >= 4 is 5.97 Å². The van der Waals surface area contributed by atoms with Gasteiger partial charge in [0.15, 0.2) is 0 Å². The molecule has 0 amide bonds. The molecule has 0 aliphatic heterocycles. The van der Waals surface area contributed by atoms with Crippen molar-refractivity contribution in [2.45, 2.75) is 71.1 Å². The summed E-state index contributed by atoms with van der Waals surface area (Å²) in [5.41, 5.74) is 0. The van der Waals surface area contributed by atoms with Crippen molar-refractivity contribution in [2.75, 3.05) is 0 Å². The molecule has 0 radical (unpaired) electrons. The first-order chi connectivity index (χ1) is 8.18. The summed E-state index contributed by atoms with van der Waals surface area (Å²) in [5, 5.41) is 17.4. The van der Waals surface area contributed by atoms with E-state index in [1.807, 2.05) is 0 Å². The fourth-order valence-electron chi connectivity index (χ4n) is 1.59. The summed E-state index contributed by atoms with van der Waals surface area (Å²) in [6.07, 6.45) is 11.5. The Kier molecular flexibility index (Phi) is 27.4. The van der Waals surface area contributed by atoms with Crippen LogP contribution in [0, 0.1) is 10.1 Å². The van der Waals surface area contributed by atoms with Gasteiger partial charge in [-0.15, -0.1) is 5.34 Å². The van der Waals surface area contributed by atoms with Gasteiger partial charge >= 0.3 is 5.97 Å². The van der Waals surface area contributed by atoms with Crippen LogP contribution in [0.25, 0.3) is 0 Å². The number of rotatable bonds is 10. The van der Waals surface area contributed by atoms with Crippen molar-refractivity contribution in [1.29, 1.82) is 0 Å². The van der Waals surface area contributed by atoms with Crippen LogP contribution >= 0.6 is 0 Å². The van der Waals surface area contributed by atoms with Crippen molar-refractivity contribution in [3.05, 3.63) is 10.1 Å². The van der Waals surface area contributed by atoms with Crippen LogP contribution in [0.15, 0.2) is 5.34 Å². The molecule has 0 saturated carbocycles. The standard InChI is InChI=1S/C12H24O2.HNO2.Zn/c1-2-3-4-5-6-7-8-9-10-11-12(13)14;2-1-3;/h2-11H2,1H3,(H,13,14);(H,2,3);/p-1. The molecule has 0 spiro atoms. The molecule has 104 valence electrons. The van der Waals surface area contributed by atoms with Crippen LogP contribution in [-0.4, -0.2) is 11.1 Å². The summed E-state index contributed by atoms with van der Waals surface area (Å²) in [6.45, 7) is 2.23. The normalized spacial score (nSPS) is 8.72. The molecule has 5 nitrogen and oxygen atoms in total. The summed E-state index contributed by atoms with van der Waals surface area (Å²) in [4.78, 5) is 18.2. The molecule has 0 rings (SSSR count). The van der Waals surface area contributed by atoms with E-state index < -0.39 is 5.97 Å². The topological polar surface area (TPSA) is 89.8 Å². The van der Waals surface area contributed by atoms with Crippen LogP contribution in [0.3, 0.4) is 0 Å². The van der Waals surface area contributed by atoms with Crippen molar-refractivity contribution in [2.24, 2.45) is 5.34 Å². The van der Waals surface area contributed by atoms with Gasteiger partial charge in [0.05, 0.1) is 0 Å². The molecule has 0 fully saturated rings. The Morgan fingerprint density at radius 3 is 1.67 bits per heavy atom. The molecule has 0 bridgehead atoms. The fraction of sp³-hybridized carbons (Fsp3) is 0.917. The average Bonchev–Trinajstić information content (AvgIpc) is 2.27. The molecule has 0 aromatic carbocycles. The van der Waals surface area contributed by atoms with E-state index in [0.717, 1.165) is 18.2 Å². The molecule has 0 atom stereocenters. The zero-order chi connectivity index (χ0) is 13.4. The Morgan fingerprint density at radius 2 is 1.33 bits per heavy atom. The first-order valence-electron chi connectivity index (χ1n) is 6.35. The molecular formula is C12H24NO4Zn-. The smallest absolute Gasteiger partial charge is 0.303 e. The predicted molar refractivity (Wildman–Crippen MR) is 68.6 cm³/mol. The van der Waals surface area contributed by atoms with Crippen LogP contribution in [0.4, 0.5) is 0 Å². The van der Waals surface area contributed by atoms with E-state index in [9.17, 15) is 4.79 Å². The SMILES string of the molecule is CCCCCCCCCCCC(=O)O.O=N[O-].[Zn]. The van der Waals surface area contributed by atoms with Gasteiger partial charge in [0.2, 0.25) is 0 Å². The summed E-state index contributed by atoms with van der Waals surface area (Å²) in [5.74, 6) is -0.659. The number of carboxylic acid groups (broad SMARTS) is 1. The maximum absolute atomic E-state index is 10.2. The molecule has 0 aliphatic rings. The van der Waals surface area contributed by atoms with Crippen molar-refractivity contribution in [3.8, 4) is 0 Å². The van der Waals surface area contributed by atoms with Gasteiger partial charge in [-0.25, -0.2) is 0 Å². The van der Waals surface area contributed by atoms with Gasteiger partial charge in [0, 0.05) is 25.9 Å². The van der Waals surface area contributed by atoms with Gasteiger partial charge in [-0.05, 0) is 6.42 Å². The second-order valence-electron chi connectivity index (χ2n) is 4.05. The monoisotopic (exact) mass is 310 g/mol. The average molecular weight is 312 g/mol. The molecule has 0 aromatic rings. The molecule has 18 heavy (non-hydrogen) atoms. The maximum Gasteiger partial charge on any atom is 0.303 e. The molecule has 0 aliphatic carbocycles. The molecule has 6 heteroatoms. The summed E-state index contributed by atoms with van der Waals surface area (Å²) < 4.78 is 0. The van der Waals surface area contributed by atoms with Crippen molar-refractivity contribution in [3.63, 3.8) is 0 Å². The Hall–Kier alpha value is -0.507. The van der Waals surface area contributed by atoms with Gasteiger partial charge in [0.1, 0.15) is 0 Å². The first kappa shape index (κ1) is 22.7. The molecular weight excluding hydrogens is 288 g/mol. The Morgan fingerprint density at radius 1 is 1.00 bits per heavy atom. The second kappa shape index (κ2) is 21.7. The van der Waals surface area contributed by atoms with Crippen molar-refractivity contribution in [1.82, 2.24) is 0 Å². The Labute approximate surface area is 122 Å². The van der Waals surface area contributed by atoms with E-state index in [1.54, 1.807) is 0 Å². The van der Waals surface area contributed by atoms with Gasteiger partial charge in [-0.3, -0.25) is 4.79 Å². The second-order valence-corrected chi connectivity index (χ2v) is 4.05. The van der Waals surface area contributed by atoms with E-state index in [-0.39, 0.29) is 19.5 Å². The third kappa shape index (κ3) is 29.6. The van der Waals surface area contributed by atoms with Crippen LogP contribution < -0.4 is 0 Å². The number of carbonyl (C=O) groups is 1.